The summed E-state index contributed by atoms with van der Waals surface area (Å²) < 4.78 is 15.1. The van der Waals surface area contributed by atoms with Crippen LogP contribution in [0.5, 0.6) is 0 Å². The Kier molecular flexibility index (Phi) is 4.41. The SMILES string of the molecule is Fc1ccc(Cc2n[nH]c(=S)n2/N=C\c2cccc3ccccc23)cc1. The van der Waals surface area contributed by atoms with Gasteiger partial charge >= 0.3 is 0 Å². The minimum atomic E-state index is -0.262. The molecule has 26 heavy (non-hydrogen) atoms. The third kappa shape index (κ3) is 3.32. The van der Waals surface area contributed by atoms with Crippen molar-refractivity contribution >= 4 is 29.2 Å². The first-order chi connectivity index (χ1) is 12.7. The van der Waals surface area contributed by atoms with Gasteiger partial charge in [-0.15, -0.1) is 0 Å². The summed E-state index contributed by atoms with van der Waals surface area (Å²) in [5.74, 6) is 0.402. The maximum atomic E-state index is 13.1. The van der Waals surface area contributed by atoms with E-state index in [-0.39, 0.29) is 5.82 Å². The summed E-state index contributed by atoms with van der Waals surface area (Å²) >= 11 is 5.29. The van der Waals surface area contributed by atoms with E-state index >= 15 is 0 Å². The predicted molar refractivity (Wildman–Crippen MR) is 104 cm³/mol. The van der Waals surface area contributed by atoms with Crippen molar-refractivity contribution in [3.05, 3.63) is 94.3 Å². The van der Waals surface area contributed by atoms with Crippen molar-refractivity contribution in [2.24, 2.45) is 5.10 Å². The highest BCUT2D eigenvalue weighted by Crippen LogP contribution is 2.17. The van der Waals surface area contributed by atoms with Gasteiger partial charge in [-0.3, -0.25) is 5.10 Å². The first kappa shape index (κ1) is 16.4. The lowest BCUT2D eigenvalue weighted by molar-refractivity contribution is 0.627. The number of H-pyrrole nitrogens is 1. The van der Waals surface area contributed by atoms with Crippen molar-refractivity contribution < 1.29 is 4.39 Å². The molecule has 6 heteroatoms. The summed E-state index contributed by atoms with van der Waals surface area (Å²) in [6.07, 6.45) is 2.28. The average molecular weight is 362 g/mol. The van der Waals surface area contributed by atoms with Gasteiger partial charge in [-0.2, -0.15) is 14.9 Å². The smallest absolute Gasteiger partial charge is 0.216 e. The molecule has 0 saturated heterocycles. The molecule has 0 bridgehead atoms. The van der Waals surface area contributed by atoms with Crippen molar-refractivity contribution in [1.82, 2.24) is 14.9 Å². The van der Waals surface area contributed by atoms with Crippen molar-refractivity contribution in [1.29, 1.82) is 0 Å². The normalized spacial score (nSPS) is 11.4. The first-order valence-electron chi connectivity index (χ1n) is 8.13. The molecule has 3 aromatic carbocycles. The largest absolute Gasteiger partial charge is 0.250 e. The van der Waals surface area contributed by atoms with Gasteiger partial charge in [0, 0.05) is 12.0 Å². The minimum absolute atomic E-state index is 0.262. The van der Waals surface area contributed by atoms with Crippen LogP contribution >= 0.6 is 12.2 Å². The summed E-state index contributed by atoms with van der Waals surface area (Å²) in [5, 5.41) is 13.8. The van der Waals surface area contributed by atoms with Crippen LogP contribution in [0.15, 0.2) is 71.8 Å². The van der Waals surface area contributed by atoms with Crippen molar-refractivity contribution in [3.63, 3.8) is 0 Å². The van der Waals surface area contributed by atoms with Crippen LogP contribution in [0.3, 0.4) is 0 Å². The zero-order valence-corrected chi connectivity index (χ0v) is 14.6. The van der Waals surface area contributed by atoms with Gasteiger partial charge in [0.05, 0.1) is 6.21 Å². The molecule has 1 N–H and O–H groups in total. The van der Waals surface area contributed by atoms with E-state index in [9.17, 15) is 4.39 Å². The summed E-state index contributed by atoms with van der Waals surface area (Å²) in [5.41, 5.74) is 1.93. The number of benzene rings is 3. The number of nitrogens with zero attached hydrogens (tertiary/aromatic N) is 3. The summed E-state index contributed by atoms with van der Waals surface area (Å²) in [6, 6.07) is 20.5. The molecule has 0 aliphatic carbocycles. The summed E-state index contributed by atoms with van der Waals surface area (Å²) in [6.45, 7) is 0. The fourth-order valence-electron chi connectivity index (χ4n) is 2.83. The molecule has 0 fully saturated rings. The van der Waals surface area contributed by atoms with Crippen LogP contribution in [-0.2, 0) is 6.42 Å². The zero-order valence-electron chi connectivity index (χ0n) is 13.8. The van der Waals surface area contributed by atoms with E-state index in [0.29, 0.717) is 17.0 Å². The van der Waals surface area contributed by atoms with E-state index in [1.165, 1.54) is 12.1 Å². The maximum Gasteiger partial charge on any atom is 0.216 e. The van der Waals surface area contributed by atoms with Crippen LogP contribution in [-0.4, -0.2) is 21.1 Å². The molecule has 1 heterocycles. The molecule has 4 rings (SSSR count). The molecular weight excluding hydrogens is 347 g/mol. The topological polar surface area (TPSA) is 46.0 Å². The molecule has 0 amide bonds. The third-order valence-corrected chi connectivity index (χ3v) is 4.39. The van der Waals surface area contributed by atoms with E-state index in [1.807, 2.05) is 24.3 Å². The van der Waals surface area contributed by atoms with Gasteiger partial charge in [-0.1, -0.05) is 54.6 Å². The number of rotatable bonds is 4. The van der Waals surface area contributed by atoms with Crippen molar-refractivity contribution in [2.45, 2.75) is 6.42 Å². The van der Waals surface area contributed by atoms with Crippen LogP contribution in [0.25, 0.3) is 10.8 Å². The minimum Gasteiger partial charge on any atom is -0.250 e. The molecule has 4 nitrogen and oxygen atoms in total. The molecule has 0 spiro atoms. The molecule has 128 valence electrons. The number of hydrogen-bond acceptors (Lipinski definition) is 3. The molecule has 0 saturated carbocycles. The molecular formula is C20H15FN4S. The standard InChI is InChI=1S/C20H15FN4S/c21-17-10-8-14(9-11-17)12-19-23-24-20(26)25(19)22-13-16-6-3-5-15-4-1-2-7-18(15)16/h1-11,13H,12H2,(H,24,26)/b22-13-. The van der Waals surface area contributed by atoms with Gasteiger partial charge in [0.2, 0.25) is 4.77 Å². The molecule has 0 atom stereocenters. The highest BCUT2D eigenvalue weighted by molar-refractivity contribution is 7.71. The van der Waals surface area contributed by atoms with E-state index < -0.39 is 0 Å². The quantitative estimate of drug-likeness (QED) is 0.422. The Labute approximate surface area is 154 Å². The number of hydrogen-bond donors (Lipinski definition) is 1. The Morgan fingerprint density at radius 1 is 1.04 bits per heavy atom. The van der Waals surface area contributed by atoms with Gasteiger partial charge in [-0.25, -0.2) is 4.39 Å². The van der Waals surface area contributed by atoms with Gasteiger partial charge < -0.3 is 0 Å². The number of aromatic nitrogens is 3. The van der Waals surface area contributed by atoms with Crippen LogP contribution in [0.4, 0.5) is 4.39 Å². The second-order valence-corrected chi connectivity index (χ2v) is 6.26. The third-order valence-electron chi connectivity index (χ3n) is 4.13. The Balaban J connectivity index is 1.68. The Morgan fingerprint density at radius 3 is 2.65 bits per heavy atom. The zero-order chi connectivity index (χ0) is 17.9. The van der Waals surface area contributed by atoms with Crippen LogP contribution < -0.4 is 0 Å². The van der Waals surface area contributed by atoms with Gasteiger partial charge in [0.25, 0.3) is 0 Å². The molecule has 0 aliphatic heterocycles. The molecule has 4 aromatic rings. The Morgan fingerprint density at radius 2 is 1.81 bits per heavy atom. The Bertz CT molecular complexity index is 1140. The Hall–Kier alpha value is -3.12. The first-order valence-corrected chi connectivity index (χ1v) is 8.54. The summed E-state index contributed by atoms with van der Waals surface area (Å²) in [4.78, 5) is 0. The van der Waals surface area contributed by atoms with Crippen LogP contribution in [0, 0.1) is 10.6 Å². The maximum absolute atomic E-state index is 13.1. The van der Waals surface area contributed by atoms with Gasteiger partial charge in [-0.05, 0) is 40.7 Å². The second kappa shape index (κ2) is 7.01. The molecule has 0 radical (unpaired) electrons. The lowest BCUT2D eigenvalue weighted by atomic mass is 10.1. The fourth-order valence-corrected chi connectivity index (χ4v) is 3.02. The number of halogens is 1. The monoisotopic (exact) mass is 362 g/mol. The van der Waals surface area contributed by atoms with Crippen LogP contribution in [0.2, 0.25) is 0 Å². The molecule has 1 aromatic heterocycles. The summed E-state index contributed by atoms with van der Waals surface area (Å²) in [7, 11) is 0. The number of aromatic amines is 1. The average Bonchev–Trinajstić information content (AvgIpc) is 3.01. The lowest BCUT2D eigenvalue weighted by Gasteiger charge is -2.03. The highest BCUT2D eigenvalue weighted by atomic mass is 32.1. The van der Waals surface area contributed by atoms with Gasteiger partial charge in [0.1, 0.15) is 5.82 Å². The number of fused-ring (bicyclic) bond motifs is 1. The van der Waals surface area contributed by atoms with E-state index in [4.69, 9.17) is 12.2 Å². The van der Waals surface area contributed by atoms with Crippen molar-refractivity contribution in [3.8, 4) is 0 Å². The number of nitrogens with one attached hydrogen (secondary N) is 1. The lowest BCUT2D eigenvalue weighted by Crippen LogP contribution is -2.00. The van der Waals surface area contributed by atoms with Crippen molar-refractivity contribution in [2.75, 3.05) is 0 Å². The molecule has 0 aliphatic rings. The second-order valence-electron chi connectivity index (χ2n) is 5.87. The van der Waals surface area contributed by atoms with E-state index in [2.05, 4.69) is 33.5 Å². The molecule has 0 unspecified atom stereocenters. The fraction of sp³-hybridized carbons (Fsp3) is 0.0500. The van der Waals surface area contributed by atoms with Gasteiger partial charge in [0.15, 0.2) is 5.82 Å². The van der Waals surface area contributed by atoms with E-state index in [1.54, 1.807) is 23.0 Å². The van der Waals surface area contributed by atoms with E-state index in [0.717, 1.165) is 21.9 Å². The predicted octanol–water partition coefficient (Wildman–Crippen LogP) is 4.71. The van der Waals surface area contributed by atoms with Crippen LogP contribution in [0.1, 0.15) is 17.0 Å². The highest BCUT2D eigenvalue weighted by Gasteiger charge is 2.07.